The number of hydrogen-bond donors (Lipinski definition) is 1. The molecule has 110 valence electrons. The lowest BCUT2D eigenvalue weighted by Crippen LogP contribution is -2.41. The van der Waals surface area contributed by atoms with E-state index in [9.17, 15) is 4.39 Å². The highest BCUT2D eigenvalue weighted by molar-refractivity contribution is 5.33. The van der Waals surface area contributed by atoms with Crippen LogP contribution in [0.5, 0.6) is 0 Å². The zero-order chi connectivity index (χ0) is 14.7. The van der Waals surface area contributed by atoms with Gasteiger partial charge in [0.2, 0.25) is 0 Å². The highest BCUT2D eigenvalue weighted by Crippen LogP contribution is 2.47. The fraction of sp³-hybridized carbons (Fsp3) is 0.389. The van der Waals surface area contributed by atoms with Gasteiger partial charge < -0.3 is 5.73 Å². The van der Waals surface area contributed by atoms with Crippen molar-refractivity contribution in [1.82, 2.24) is 4.98 Å². The van der Waals surface area contributed by atoms with E-state index in [2.05, 4.69) is 17.1 Å². The van der Waals surface area contributed by atoms with Gasteiger partial charge >= 0.3 is 0 Å². The SMILES string of the molecule is NC(c1ccncc1F)C1(c2ccccc2)CCCCC1. The quantitative estimate of drug-likeness (QED) is 0.920. The van der Waals surface area contributed by atoms with Crippen molar-refractivity contribution >= 4 is 0 Å². The molecule has 1 heterocycles. The van der Waals surface area contributed by atoms with Crippen molar-refractivity contribution in [3.05, 3.63) is 65.7 Å². The Morgan fingerprint density at radius 2 is 1.76 bits per heavy atom. The van der Waals surface area contributed by atoms with Gasteiger partial charge in [0.15, 0.2) is 0 Å². The summed E-state index contributed by atoms with van der Waals surface area (Å²) in [7, 11) is 0. The summed E-state index contributed by atoms with van der Waals surface area (Å²) in [6.45, 7) is 0. The minimum atomic E-state index is -0.330. The Bertz CT molecular complexity index is 591. The highest BCUT2D eigenvalue weighted by atomic mass is 19.1. The van der Waals surface area contributed by atoms with Crippen molar-refractivity contribution in [2.45, 2.75) is 43.6 Å². The van der Waals surface area contributed by atoms with Crippen LogP contribution in [0.2, 0.25) is 0 Å². The molecule has 1 aliphatic rings. The molecule has 2 aromatic rings. The topological polar surface area (TPSA) is 38.9 Å². The molecular formula is C18H21FN2. The summed E-state index contributed by atoms with van der Waals surface area (Å²) in [4.78, 5) is 3.84. The molecule has 0 aliphatic heterocycles. The monoisotopic (exact) mass is 284 g/mol. The summed E-state index contributed by atoms with van der Waals surface area (Å²) in [5, 5.41) is 0. The van der Waals surface area contributed by atoms with Crippen LogP contribution in [0, 0.1) is 5.82 Å². The van der Waals surface area contributed by atoms with Crippen LogP contribution in [0.4, 0.5) is 4.39 Å². The van der Waals surface area contributed by atoms with Gasteiger partial charge in [0, 0.05) is 23.2 Å². The van der Waals surface area contributed by atoms with E-state index in [1.54, 1.807) is 12.3 Å². The van der Waals surface area contributed by atoms with Gasteiger partial charge in [-0.25, -0.2) is 4.39 Å². The Labute approximate surface area is 125 Å². The number of nitrogens with two attached hydrogens (primary N) is 1. The van der Waals surface area contributed by atoms with Gasteiger partial charge in [-0.15, -0.1) is 0 Å². The first-order valence-corrected chi connectivity index (χ1v) is 7.64. The predicted molar refractivity (Wildman–Crippen MR) is 82.3 cm³/mol. The average Bonchev–Trinajstić information content (AvgIpc) is 2.56. The number of hydrogen-bond acceptors (Lipinski definition) is 2. The maximum Gasteiger partial charge on any atom is 0.146 e. The van der Waals surface area contributed by atoms with Gasteiger partial charge in [-0.05, 0) is 24.5 Å². The first-order valence-electron chi connectivity index (χ1n) is 7.64. The van der Waals surface area contributed by atoms with Crippen molar-refractivity contribution < 1.29 is 4.39 Å². The largest absolute Gasteiger partial charge is 0.323 e. The second-order valence-electron chi connectivity index (χ2n) is 5.96. The molecule has 1 atom stereocenters. The number of halogens is 1. The van der Waals surface area contributed by atoms with E-state index in [-0.39, 0.29) is 17.3 Å². The molecule has 21 heavy (non-hydrogen) atoms. The molecule has 0 radical (unpaired) electrons. The van der Waals surface area contributed by atoms with E-state index >= 15 is 0 Å². The first-order chi connectivity index (χ1) is 10.2. The van der Waals surface area contributed by atoms with Gasteiger partial charge in [-0.2, -0.15) is 0 Å². The summed E-state index contributed by atoms with van der Waals surface area (Å²) in [5.41, 5.74) is 8.21. The van der Waals surface area contributed by atoms with E-state index in [0.29, 0.717) is 5.56 Å². The van der Waals surface area contributed by atoms with Crippen LogP contribution in [0.1, 0.15) is 49.3 Å². The lowest BCUT2D eigenvalue weighted by atomic mass is 9.63. The summed E-state index contributed by atoms with van der Waals surface area (Å²) < 4.78 is 14.1. The Hall–Kier alpha value is -1.74. The van der Waals surface area contributed by atoms with Crippen molar-refractivity contribution in [2.24, 2.45) is 5.73 Å². The fourth-order valence-electron chi connectivity index (χ4n) is 3.67. The molecule has 0 amide bonds. The van der Waals surface area contributed by atoms with Crippen molar-refractivity contribution in [3.8, 4) is 0 Å². The zero-order valence-corrected chi connectivity index (χ0v) is 12.1. The Morgan fingerprint density at radius 3 is 2.43 bits per heavy atom. The Balaban J connectivity index is 2.06. The van der Waals surface area contributed by atoms with Crippen molar-refractivity contribution in [3.63, 3.8) is 0 Å². The molecule has 3 rings (SSSR count). The number of aromatic nitrogens is 1. The van der Waals surface area contributed by atoms with Crippen LogP contribution in [0.15, 0.2) is 48.8 Å². The smallest absolute Gasteiger partial charge is 0.146 e. The third-order valence-electron chi connectivity index (χ3n) is 4.83. The van der Waals surface area contributed by atoms with Crippen molar-refractivity contribution in [2.75, 3.05) is 0 Å². The number of benzene rings is 1. The molecule has 1 aromatic carbocycles. The third-order valence-corrected chi connectivity index (χ3v) is 4.83. The van der Waals surface area contributed by atoms with Crippen LogP contribution in [-0.4, -0.2) is 4.98 Å². The van der Waals surface area contributed by atoms with Crippen LogP contribution < -0.4 is 5.73 Å². The zero-order valence-electron chi connectivity index (χ0n) is 12.1. The van der Waals surface area contributed by atoms with Gasteiger partial charge in [0.25, 0.3) is 0 Å². The van der Waals surface area contributed by atoms with Gasteiger partial charge in [-0.1, -0.05) is 49.6 Å². The maximum atomic E-state index is 14.1. The molecule has 1 saturated carbocycles. The van der Waals surface area contributed by atoms with E-state index in [1.165, 1.54) is 18.2 Å². The minimum absolute atomic E-state index is 0.165. The molecule has 1 unspecified atom stereocenters. The fourth-order valence-corrected chi connectivity index (χ4v) is 3.67. The molecule has 1 aromatic heterocycles. The number of rotatable bonds is 3. The number of nitrogens with zero attached hydrogens (tertiary/aromatic N) is 1. The molecule has 2 nitrogen and oxygen atoms in total. The highest BCUT2D eigenvalue weighted by Gasteiger charge is 2.41. The summed E-state index contributed by atoms with van der Waals surface area (Å²) in [6.07, 6.45) is 8.45. The van der Waals surface area contributed by atoms with Crippen molar-refractivity contribution in [1.29, 1.82) is 0 Å². The summed E-state index contributed by atoms with van der Waals surface area (Å²) in [5.74, 6) is -0.300. The van der Waals surface area contributed by atoms with Crippen LogP contribution in [-0.2, 0) is 5.41 Å². The second-order valence-corrected chi connectivity index (χ2v) is 5.96. The molecule has 0 spiro atoms. The molecular weight excluding hydrogens is 263 g/mol. The van der Waals surface area contributed by atoms with E-state index in [0.717, 1.165) is 25.7 Å². The summed E-state index contributed by atoms with van der Waals surface area (Å²) in [6, 6.07) is 11.7. The molecule has 0 bridgehead atoms. The average molecular weight is 284 g/mol. The molecule has 1 aliphatic carbocycles. The van der Waals surface area contributed by atoms with E-state index in [1.807, 2.05) is 18.2 Å². The first kappa shape index (κ1) is 14.2. The van der Waals surface area contributed by atoms with E-state index in [4.69, 9.17) is 5.73 Å². The minimum Gasteiger partial charge on any atom is -0.323 e. The van der Waals surface area contributed by atoms with Crippen LogP contribution >= 0.6 is 0 Å². The van der Waals surface area contributed by atoms with Gasteiger partial charge in [-0.3, -0.25) is 4.98 Å². The molecule has 0 saturated heterocycles. The lowest BCUT2D eigenvalue weighted by molar-refractivity contribution is 0.240. The normalized spacial score (nSPS) is 19.1. The second kappa shape index (κ2) is 5.94. The van der Waals surface area contributed by atoms with Gasteiger partial charge in [0.05, 0.1) is 6.20 Å². The Kier molecular flexibility index (Phi) is 4.02. The Morgan fingerprint density at radius 1 is 1.05 bits per heavy atom. The van der Waals surface area contributed by atoms with Crippen LogP contribution in [0.3, 0.4) is 0 Å². The lowest BCUT2D eigenvalue weighted by Gasteiger charge is -2.43. The van der Waals surface area contributed by atoms with Crippen LogP contribution in [0.25, 0.3) is 0 Å². The maximum absolute atomic E-state index is 14.1. The van der Waals surface area contributed by atoms with E-state index < -0.39 is 0 Å². The number of pyridine rings is 1. The summed E-state index contributed by atoms with van der Waals surface area (Å²) >= 11 is 0. The molecule has 1 fully saturated rings. The molecule has 2 N–H and O–H groups in total. The third kappa shape index (κ3) is 2.58. The van der Waals surface area contributed by atoms with Gasteiger partial charge in [0.1, 0.15) is 5.82 Å². The standard InChI is InChI=1S/C18H21FN2/c19-16-13-21-12-9-15(16)17(20)18(10-5-2-6-11-18)14-7-3-1-4-8-14/h1,3-4,7-9,12-13,17H,2,5-6,10-11,20H2. The predicted octanol–water partition coefficient (Wildman–Crippen LogP) is 4.12. The molecule has 3 heteroatoms.